The van der Waals surface area contributed by atoms with Crippen molar-refractivity contribution in [1.82, 2.24) is 0 Å². The van der Waals surface area contributed by atoms with Crippen molar-refractivity contribution in [3.05, 3.63) is 23.8 Å². The molecule has 3 heteroatoms. The van der Waals surface area contributed by atoms with Gasteiger partial charge in [-0.25, -0.2) is 0 Å². The lowest BCUT2D eigenvalue weighted by molar-refractivity contribution is 0.0945. The summed E-state index contributed by atoms with van der Waals surface area (Å²) in [5, 5.41) is 12.9. The van der Waals surface area contributed by atoms with Crippen LogP contribution in [0.1, 0.15) is 19.4 Å². The lowest BCUT2D eigenvalue weighted by atomic mass is 10.1. The minimum Gasteiger partial charge on any atom is -0.389 e. The fourth-order valence-electron chi connectivity index (χ4n) is 1.52. The van der Waals surface area contributed by atoms with E-state index in [0.29, 0.717) is 6.54 Å². The predicted molar refractivity (Wildman–Crippen MR) is 70.3 cm³/mol. The van der Waals surface area contributed by atoms with Crippen LogP contribution in [0.4, 0.5) is 11.4 Å². The van der Waals surface area contributed by atoms with E-state index in [1.165, 1.54) is 11.3 Å². The molecular formula is C13H22N2O. The zero-order valence-electron chi connectivity index (χ0n) is 10.8. The Morgan fingerprint density at radius 2 is 1.94 bits per heavy atom. The smallest absolute Gasteiger partial charge is 0.0763 e. The van der Waals surface area contributed by atoms with Gasteiger partial charge < -0.3 is 15.3 Å². The molecule has 3 nitrogen and oxygen atoms in total. The van der Waals surface area contributed by atoms with Crippen LogP contribution in [0.5, 0.6) is 0 Å². The number of aryl methyl sites for hydroxylation is 1. The van der Waals surface area contributed by atoms with Gasteiger partial charge in [0.2, 0.25) is 0 Å². The second-order valence-corrected chi connectivity index (χ2v) is 5.06. The Morgan fingerprint density at radius 3 is 2.44 bits per heavy atom. The molecule has 0 spiro atoms. The monoisotopic (exact) mass is 222 g/mol. The first-order valence-electron chi connectivity index (χ1n) is 5.54. The minimum absolute atomic E-state index is 0.545. The van der Waals surface area contributed by atoms with Crippen LogP contribution in [0.25, 0.3) is 0 Å². The molecular weight excluding hydrogens is 200 g/mol. The highest BCUT2D eigenvalue weighted by Gasteiger charge is 2.12. The number of hydrogen-bond acceptors (Lipinski definition) is 3. The lowest BCUT2D eigenvalue weighted by Crippen LogP contribution is -2.29. The molecule has 0 bridgehead atoms. The van der Waals surface area contributed by atoms with Crippen LogP contribution in [0.15, 0.2) is 18.2 Å². The van der Waals surface area contributed by atoms with Crippen LogP contribution in [-0.2, 0) is 0 Å². The van der Waals surface area contributed by atoms with E-state index in [4.69, 9.17) is 0 Å². The third-order valence-corrected chi connectivity index (χ3v) is 2.42. The zero-order chi connectivity index (χ0) is 12.3. The van der Waals surface area contributed by atoms with Gasteiger partial charge in [0.05, 0.1) is 5.60 Å². The molecule has 1 aromatic carbocycles. The van der Waals surface area contributed by atoms with Crippen molar-refractivity contribution < 1.29 is 5.11 Å². The van der Waals surface area contributed by atoms with Crippen LogP contribution in [0, 0.1) is 6.92 Å². The van der Waals surface area contributed by atoms with Crippen LogP contribution in [-0.4, -0.2) is 31.3 Å². The average Bonchev–Trinajstić information content (AvgIpc) is 2.14. The van der Waals surface area contributed by atoms with E-state index in [0.717, 1.165) is 5.69 Å². The number of nitrogens with zero attached hydrogens (tertiary/aromatic N) is 1. The first-order chi connectivity index (χ1) is 7.29. The maximum Gasteiger partial charge on any atom is 0.0763 e. The molecule has 0 aromatic heterocycles. The average molecular weight is 222 g/mol. The number of aliphatic hydroxyl groups is 1. The summed E-state index contributed by atoms with van der Waals surface area (Å²) in [5.74, 6) is 0. The van der Waals surface area contributed by atoms with E-state index in [1.54, 1.807) is 13.8 Å². The Labute approximate surface area is 98.1 Å². The number of benzene rings is 1. The summed E-state index contributed by atoms with van der Waals surface area (Å²) in [6.07, 6.45) is 0. The Balaban J connectivity index is 2.79. The minimum atomic E-state index is -0.691. The summed E-state index contributed by atoms with van der Waals surface area (Å²) in [6.45, 7) is 6.22. The Bertz CT molecular complexity index is 353. The molecule has 0 saturated heterocycles. The van der Waals surface area contributed by atoms with E-state index >= 15 is 0 Å². The molecule has 0 amide bonds. The van der Waals surface area contributed by atoms with Crippen molar-refractivity contribution in [1.29, 1.82) is 0 Å². The molecule has 90 valence electrons. The topological polar surface area (TPSA) is 35.5 Å². The van der Waals surface area contributed by atoms with Crippen LogP contribution in [0.2, 0.25) is 0 Å². The van der Waals surface area contributed by atoms with E-state index < -0.39 is 5.60 Å². The van der Waals surface area contributed by atoms with Crippen molar-refractivity contribution in [2.24, 2.45) is 0 Å². The first-order valence-corrected chi connectivity index (χ1v) is 5.54. The molecule has 1 aromatic rings. The van der Waals surface area contributed by atoms with Crippen molar-refractivity contribution in [3.63, 3.8) is 0 Å². The molecule has 0 saturated carbocycles. The van der Waals surface area contributed by atoms with Gasteiger partial charge in [0.15, 0.2) is 0 Å². The van der Waals surface area contributed by atoms with Crippen molar-refractivity contribution in [3.8, 4) is 0 Å². The molecule has 0 heterocycles. The maximum absolute atomic E-state index is 9.64. The van der Waals surface area contributed by atoms with Crippen LogP contribution < -0.4 is 10.2 Å². The number of nitrogens with one attached hydrogen (secondary N) is 1. The summed E-state index contributed by atoms with van der Waals surface area (Å²) < 4.78 is 0. The van der Waals surface area contributed by atoms with Gasteiger partial charge in [-0.2, -0.15) is 0 Å². The van der Waals surface area contributed by atoms with Gasteiger partial charge in [-0.05, 0) is 38.5 Å². The molecule has 1 rings (SSSR count). The highest BCUT2D eigenvalue weighted by atomic mass is 16.3. The second-order valence-electron chi connectivity index (χ2n) is 5.06. The molecule has 16 heavy (non-hydrogen) atoms. The molecule has 0 aliphatic carbocycles. The van der Waals surface area contributed by atoms with Gasteiger partial charge in [-0.1, -0.05) is 6.07 Å². The molecule has 0 aliphatic rings. The fraction of sp³-hybridized carbons (Fsp3) is 0.538. The molecule has 2 N–H and O–H groups in total. The van der Waals surface area contributed by atoms with E-state index in [9.17, 15) is 5.11 Å². The van der Waals surface area contributed by atoms with Gasteiger partial charge in [-0.15, -0.1) is 0 Å². The summed E-state index contributed by atoms with van der Waals surface area (Å²) in [6, 6.07) is 6.22. The molecule has 0 aliphatic heterocycles. The van der Waals surface area contributed by atoms with Gasteiger partial charge in [0, 0.05) is 32.0 Å². The Kier molecular flexibility index (Phi) is 3.81. The Morgan fingerprint density at radius 1 is 1.31 bits per heavy atom. The van der Waals surface area contributed by atoms with Gasteiger partial charge in [0.25, 0.3) is 0 Å². The molecule has 0 fully saturated rings. The number of rotatable bonds is 4. The first kappa shape index (κ1) is 12.8. The third kappa shape index (κ3) is 3.74. The van der Waals surface area contributed by atoms with Crippen molar-refractivity contribution in [2.45, 2.75) is 26.4 Å². The molecule has 0 radical (unpaired) electrons. The fourth-order valence-corrected chi connectivity index (χ4v) is 1.52. The van der Waals surface area contributed by atoms with E-state index in [2.05, 4.69) is 29.3 Å². The van der Waals surface area contributed by atoms with E-state index in [-0.39, 0.29) is 0 Å². The zero-order valence-corrected chi connectivity index (χ0v) is 10.8. The lowest BCUT2D eigenvalue weighted by Gasteiger charge is -2.21. The second kappa shape index (κ2) is 4.74. The van der Waals surface area contributed by atoms with Gasteiger partial charge in [-0.3, -0.25) is 0 Å². The quantitative estimate of drug-likeness (QED) is 0.820. The highest BCUT2D eigenvalue weighted by molar-refractivity contribution is 5.61. The van der Waals surface area contributed by atoms with Crippen LogP contribution in [0.3, 0.4) is 0 Å². The van der Waals surface area contributed by atoms with Gasteiger partial charge in [0.1, 0.15) is 0 Å². The van der Waals surface area contributed by atoms with E-state index in [1.807, 2.05) is 20.2 Å². The molecule has 0 unspecified atom stereocenters. The van der Waals surface area contributed by atoms with Crippen molar-refractivity contribution >= 4 is 11.4 Å². The summed E-state index contributed by atoms with van der Waals surface area (Å²) in [4.78, 5) is 2.09. The SMILES string of the molecule is Cc1ccc(NCC(C)(C)O)cc1N(C)C. The summed E-state index contributed by atoms with van der Waals surface area (Å²) in [5.41, 5.74) is 2.79. The van der Waals surface area contributed by atoms with Crippen LogP contribution >= 0.6 is 0 Å². The summed E-state index contributed by atoms with van der Waals surface area (Å²) in [7, 11) is 4.06. The normalized spacial score (nSPS) is 11.4. The highest BCUT2D eigenvalue weighted by Crippen LogP contribution is 2.22. The molecule has 0 atom stereocenters. The number of anilines is 2. The predicted octanol–water partition coefficient (Wildman–Crippen LogP) is 2.24. The third-order valence-electron chi connectivity index (χ3n) is 2.42. The van der Waals surface area contributed by atoms with Crippen molar-refractivity contribution in [2.75, 3.05) is 30.9 Å². The Hall–Kier alpha value is -1.22. The maximum atomic E-state index is 9.64. The van der Waals surface area contributed by atoms with Gasteiger partial charge >= 0.3 is 0 Å². The standard InChI is InChI=1S/C13H22N2O/c1-10-6-7-11(8-12(10)15(4)5)14-9-13(2,3)16/h6-8,14,16H,9H2,1-5H3. The summed E-state index contributed by atoms with van der Waals surface area (Å²) >= 11 is 0. The largest absolute Gasteiger partial charge is 0.389 e. The number of hydrogen-bond donors (Lipinski definition) is 2.